The number of hydrogen-bond acceptors (Lipinski definition) is 3. The molecular weight excluding hydrogens is 234 g/mol. The van der Waals surface area contributed by atoms with E-state index >= 15 is 0 Å². The van der Waals surface area contributed by atoms with E-state index < -0.39 is 6.03 Å². The highest BCUT2D eigenvalue weighted by atomic mass is 16.2. The number of carbonyl (C=O) groups is 3. The molecule has 92 valence electrons. The third kappa shape index (κ3) is 1.54. The Morgan fingerprint density at radius 3 is 2.56 bits per heavy atom. The summed E-state index contributed by atoms with van der Waals surface area (Å²) in [7, 11) is 0. The van der Waals surface area contributed by atoms with Gasteiger partial charge >= 0.3 is 6.03 Å². The second-order valence-corrected chi connectivity index (χ2v) is 4.25. The SMILES string of the molecule is O=C1CCN(N2Cc3ccccc3C2=O)C(=O)N1. The van der Waals surface area contributed by atoms with Crippen molar-refractivity contribution < 1.29 is 14.4 Å². The first-order valence-corrected chi connectivity index (χ1v) is 5.68. The van der Waals surface area contributed by atoms with E-state index in [2.05, 4.69) is 5.32 Å². The minimum absolute atomic E-state index is 0.199. The van der Waals surface area contributed by atoms with E-state index in [1.54, 1.807) is 12.1 Å². The zero-order chi connectivity index (χ0) is 12.7. The van der Waals surface area contributed by atoms with E-state index in [4.69, 9.17) is 0 Å². The van der Waals surface area contributed by atoms with Crippen LogP contribution in [0.3, 0.4) is 0 Å². The third-order valence-electron chi connectivity index (χ3n) is 3.13. The summed E-state index contributed by atoms with van der Waals surface area (Å²) >= 11 is 0. The van der Waals surface area contributed by atoms with Crippen molar-refractivity contribution in [3.63, 3.8) is 0 Å². The lowest BCUT2D eigenvalue weighted by Gasteiger charge is -2.33. The Kier molecular flexibility index (Phi) is 2.29. The molecule has 0 atom stereocenters. The average molecular weight is 245 g/mol. The number of fused-ring (bicyclic) bond motifs is 1. The Labute approximate surface area is 103 Å². The number of hydrogen-bond donors (Lipinski definition) is 1. The smallest absolute Gasteiger partial charge is 0.276 e. The molecule has 6 heteroatoms. The highest BCUT2D eigenvalue weighted by Gasteiger charge is 2.36. The van der Waals surface area contributed by atoms with E-state index in [0.717, 1.165) is 5.56 Å². The molecule has 0 unspecified atom stereocenters. The van der Waals surface area contributed by atoms with Crippen LogP contribution in [0.2, 0.25) is 0 Å². The minimum atomic E-state index is -0.535. The second kappa shape index (κ2) is 3.83. The Balaban J connectivity index is 1.86. The zero-order valence-electron chi connectivity index (χ0n) is 9.55. The number of nitrogens with one attached hydrogen (secondary N) is 1. The number of amides is 4. The minimum Gasteiger partial charge on any atom is -0.276 e. The largest absolute Gasteiger partial charge is 0.342 e. The van der Waals surface area contributed by atoms with Crippen molar-refractivity contribution in [3.05, 3.63) is 35.4 Å². The summed E-state index contributed by atoms with van der Waals surface area (Å²) in [6.45, 7) is 0.612. The predicted molar refractivity (Wildman–Crippen MR) is 61.2 cm³/mol. The quantitative estimate of drug-likeness (QED) is 0.783. The molecule has 2 aliphatic heterocycles. The molecule has 0 spiro atoms. The second-order valence-electron chi connectivity index (χ2n) is 4.25. The van der Waals surface area contributed by atoms with Crippen LogP contribution in [-0.4, -0.2) is 34.4 Å². The predicted octanol–water partition coefficient (Wildman–Crippen LogP) is 0.499. The Bertz CT molecular complexity index is 555. The summed E-state index contributed by atoms with van der Waals surface area (Å²) in [5.41, 5.74) is 1.51. The topological polar surface area (TPSA) is 69.7 Å². The summed E-state index contributed by atoms with van der Waals surface area (Å²) in [6, 6.07) is 6.72. The van der Waals surface area contributed by atoms with Gasteiger partial charge in [-0.25, -0.2) is 14.8 Å². The molecule has 1 N–H and O–H groups in total. The maximum atomic E-state index is 12.1. The van der Waals surface area contributed by atoms with Gasteiger partial charge in [0, 0.05) is 12.0 Å². The van der Waals surface area contributed by atoms with Gasteiger partial charge in [-0.2, -0.15) is 0 Å². The number of imide groups is 1. The van der Waals surface area contributed by atoms with Crippen molar-refractivity contribution >= 4 is 17.8 Å². The molecule has 1 saturated heterocycles. The van der Waals surface area contributed by atoms with Gasteiger partial charge in [-0.1, -0.05) is 18.2 Å². The molecular formula is C12H11N3O3. The first kappa shape index (κ1) is 10.8. The van der Waals surface area contributed by atoms with Crippen LogP contribution in [0, 0.1) is 0 Å². The van der Waals surface area contributed by atoms with Crippen molar-refractivity contribution in [2.45, 2.75) is 13.0 Å². The first-order chi connectivity index (χ1) is 8.66. The van der Waals surface area contributed by atoms with E-state index in [-0.39, 0.29) is 24.8 Å². The molecule has 1 fully saturated rings. The standard InChI is InChI=1S/C12H11N3O3/c16-10-5-6-14(12(18)13-10)15-7-8-3-1-2-4-9(8)11(15)17/h1-4H,5-7H2,(H,13,16,18). The van der Waals surface area contributed by atoms with Crippen molar-refractivity contribution in [1.29, 1.82) is 0 Å². The van der Waals surface area contributed by atoms with Gasteiger partial charge in [0.1, 0.15) is 0 Å². The fourth-order valence-electron chi connectivity index (χ4n) is 2.22. The van der Waals surface area contributed by atoms with Crippen LogP contribution in [0.5, 0.6) is 0 Å². The van der Waals surface area contributed by atoms with Crippen LogP contribution < -0.4 is 5.32 Å². The number of nitrogens with zero attached hydrogens (tertiary/aromatic N) is 2. The van der Waals surface area contributed by atoms with Crippen LogP contribution in [-0.2, 0) is 11.3 Å². The number of benzene rings is 1. The van der Waals surface area contributed by atoms with Crippen LogP contribution >= 0.6 is 0 Å². The van der Waals surface area contributed by atoms with Gasteiger partial charge in [0.25, 0.3) is 5.91 Å². The molecule has 2 aliphatic rings. The summed E-state index contributed by atoms with van der Waals surface area (Å²) in [6.07, 6.45) is 0.214. The van der Waals surface area contributed by atoms with Crippen molar-refractivity contribution in [2.75, 3.05) is 6.54 Å². The highest BCUT2D eigenvalue weighted by Crippen LogP contribution is 2.24. The van der Waals surface area contributed by atoms with E-state index in [1.807, 2.05) is 12.1 Å². The van der Waals surface area contributed by atoms with Crippen LogP contribution in [0.4, 0.5) is 4.79 Å². The van der Waals surface area contributed by atoms with Crippen molar-refractivity contribution in [3.8, 4) is 0 Å². The maximum Gasteiger partial charge on any atom is 0.342 e. The molecule has 0 radical (unpaired) electrons. The fourth-order valence-corrected chi connectivity index (χ4v) is 2.22. The van der Waals surface area contributed by atoms with Gasteiger partial charge in [0.05, 0.1) is 13.1 Å². The Morgan fingerprint density at radius 1 is 1.06 bits per heavy atom. The molecule has 4 amide bonds. The third-order valence-corrected chi connectivity index (χ3v) is 3.13. The lowest BCUT2D eigenvalue weighted by molar-refractivity contribution is -0.123. The normalized spacial score (nSPS) is 19.0. The number of carbonyl (C=O) groups excluding carboxylic acids is 3. The van der Waals surface area contributed by atoms with Gasteiger partial charge in [0.15, 0.2) is 0 Å². The number of rotatable bonds is 1. The number of urea groups is 1. The van der Waals surface area contributed by atoms with Crippen LogP contribution in [0.1, 0.15) is 22.3 Å². The average Bonchev–Trinajstić information content (AvgIpc) is 2.68. The summed E-state index contributed by atoms with van der Waals surface area (Å²) in [4.78, 5) is 34.9. The van der Waals surface area contributed by atoms with Crippen LogP contribution in [0.25, 0.3) is 0 Å². The fraction of sp³-hybridized carbons (Fsp3) is 0.250. The van der Waals surface area contributed by atoms with E-state index in [0.29, 0.717) is 12.1 Å². The zero-order valence-corrected chi connectivity index (χ0v) is 9.55. The van der Waals surface area contributed by atoms with E-state index in [9.17, 15) is 14.4 Å². The van der Waals surface area contributed by atoms with Crippen molar-refractivity contribution in [2.24, 2.45) is 0 Å². The maximum absolute atomic E-state index is 12.1. The molecule has 6 nitrogen and oxygen atoms in total. The summed E-state index contributed by atoms with van der Waals surface area (Å²) in [5.74, 6) is -0.504. The summed E-state index contributed by atoms with van der Waals surface area (Å²) < 4.78 is 0. The lowest BCUT2D eigenvalue weighted by atomic mass is 10.1. The van der Waals surface area contributed by atoms with Gasteiger partial charge in [-0.15, -0.1) is 0 Å². The molecule has 0 aliphatic carbocycles. The lowest BCUT2D eigenvalue weighted by Crippen LogP contribution is -2.56. The molecule has 3 rings (SSSR count). The van der Waals surface area contributed by atoms with E-state index in [1.165, 1.54) is 10.0 Å². The number of hydrazine groups is 1. The molecule has 0 bridgehead atoms. The Morgan fingerprint density at radius 2 is 1.83 bits per heavy atom. The molecule has 1 aromatic carbocycles. The van der Waals surface area contributed by atoms with Crippen LogP contribution in [0.15, 0.2) is 24.3 Å². The molecule has 0 saturated carbocycles. The van der Waals surface area contributed by atoms with Gasteiger partial charge in [0.2, 0.25) is 5.91 Å². The first-order valence-electron chi connectivity index (χ1n) is 5.68. The molecule has 18 heavy (non-hydrogen) atoms. The Hall–Kier alpha value is -2.37. The molecule has 1 aromatic rings. The van der Waals surface area contributed by atoms with Crippen molar-refractivity contribution in [1.82, 2.24) is 15.3 Å². The molecule has 2 heterocycles. The molecule has 0 aromatic heterocycles. The van der Waals surface area contributed by atoms with Gasteiger partial charge in [-0.05, 0) is 11.6 Å². The van der Waals surface area contributed by atoms with Gasteiger partial charge in [-0.3, -0.25) is 14.9 Å². The summed E-state index contributed by atoms with van der Waals surface area (Å²) in [5, 5.41) is 4.88. The van der Waals surface area contributed by atoms with Gasteiger partial charge < -0.3 is 0 Å². The highest BCUT2D eigenvalue weighted by molar-refractivity contribution is 6.01. The monoisotopic (exact) mass is 245 g/mol.